The van der Waals surface area contributed by atoms with Crippen molar-refractivity contribution in [3.63, 3.8) is 0 Å². The Labute approximate surface area is 188 Å². The molecule has 162 valence electrons. The molecule has 6 heteroatoms. The minimum Gasteiger partial charge on any atom is -0.496 e. The van der Waals surface area contributed by atoms with Gasteiger partial charge in [0.05, 0.1) is 13.7 Å². The van der Waals surface area contributed by atoms with Crippen molar-refractivity contribution < 1.29 is 9.53 Å². The van der Waals surface area contributed by atoms with Crippen LogP contribution < -0.4 is 9.64 Å². The van der Waals surface area contributed by atoms with Gasteiger partial charge in [-0.25, -0.2) is 0 Å². The van der Waals surface area contributed by atoms with Gasteiger partial charge in [-0.15, -0.1) is 11.3 Å². The van der Waals surface area contributed by atoms with Crippen LogP contribution in [0.25, 0.3) is 0 Å². The number of benzene rings is 2. The van der Waals surface area contributed by atoms with Crippen molar-refractivity contribution in [1.29, 1.82) is 0 Å². The third kappa shape index (κ3) is 5.66. The van der Waals surface area contributed by atoms with Crippen LogP contribution in [-0.4, -0.2) is 55.5 Å². The Hall–Kier alpha value is -2.83. The largest absolute Gasteiger partial charge is 0.496 e. The molecule has 1 saturated heterocycles. The van der Waals surface area contributed by atoms with Gasteiger partial charge in [-0.2, -0.15) is 0 Å². The first-order valence-corrected chi connectivity index (χ1v) is 11.6. The Morgan fingerprint density at radius 2 is 1.68 bits per heavy atom. The van der Waals surface area contributed by atoms with Crippen LogP contribution >= 0.6 is 11.3 Å². The number of rotatable bonds is 8. The lowest BCUT2D eigenvalue weighted by Crippen LogP contribution is -2.51. The van der Waals surface area contributed by atoms with Crippen LogP contribution in [0.2, 0.25) is 0 Å². The van der Waals surface area contributed by atoms with Crippen LogP contribution in [0, 0.1) is 0 Å². The maximum atomic E-state index is 13.2. The number of ether oxygens (including phenoxy) is 1. The van der Waals surface area contributed by atoms with E-state index in [1.807, 2.05) is 29.2 Å². The van der Waals surface area contributed by atoms with E-state index in [1.165, 1.54) is 10.6 Å². The van der Waals surface area contributed by atoms with E-state index in [2.05, 4.69) is 57.6 Å². The Morgan fingerprint density at radius 3 is 2.39 bits per heavy atom. The molecular weight excluding hydrogens is 406 g/mol. The number of hydrogen-bond acceptors (Lipinski definition) is 5. The van der Waals surface area contributed by atoms with Crippen LogP contribution in [0.4, 0.5) is 5.69 Å². The van der Waals surface area contributed by atoms with Crippen molar-refractivity contribution in [3.8, 4) is 5.75 Å². The van der Waals surface area contributed by atoms with E-state index < -0.39 is 0 Å². The summed E-state index contributed by atoms with van der Waals surface area (Å²) in [6.45, 7) is 5.09. The van der Waals surface area contributed by atoms with E-state index in [9.17, 15) is 4.79 Å². The maximum absolute atomic E-state index is 13.2. The van der Waals surface area contributed by atoms with Gasteiger partial charge in [-0.1, -0.05) is 42.5 Å². The molecule has 1 fully saturated rings. The summed E-state index contributed by atoms with van der Waals surface area (Å²) in [5.74, 6) is 1.06. The molecule has 1 aromatic heterocycles. The molecule has 0 spiro atoms. The van der Waals surface area contributed by atoms with Gasteiger partial charge < -0.3 is 14.5 Å². The lowest BCUT2D eigenvalue weighted by Gasteiger charge is -2.37. The molecule has 0 aliphatic carbocycles. The molecule has 0 atom stereocenters. The zero-order valence-corrected chi connectivity index (χ0v) is 18.8. The summed E-state index contributed by atoms with van der Waals surface area (Å²) >= 11 is 1.73. The average Bonchev–Trinajstić information content (AvgIpc) is 3.33. The number of methoxy groups -OCH3 is 1. The number of thiophene rings is 1. The average molecular weight is 436 g/mol. The van der Waals surface area contributed by atoms with E-state index >= 15 is 0 Å². The zero-order chi connectivity index (χ0) is 21.5. The number of amides is 1. The predicted molar refractivity (Wildman–Crippen MR) is 127 cm³/mol. The van der Waals surface area contributed by atoms with E-state index in [-0.39, 0.29) is 5.91 Å². The molecule has 5 nitrogen and oxygen atoms in total. The molecule has 0 saturated carbocycles. The monoisotopic (exact) mass is 435 g/mol. The Morgan fingerprint density at radius 1 is 0.935 bits per heavy atom. The number of anilines is 1. The highest BCUT2D eigenvalue weighted by atomic mass is 32.1. The van der Waals surface area contributed by atoms with E-state index in [4.69, 9.17) is 4.74 Å². The molecule has 0 radical (unpaired) electrons. The second-order valence-corrected chi connectivity index (χ2v) is 8.77. The fourth-order valence-electron chi connectivity index (χ4n) is 4.01. The van der Waals surface area contributed by atoms with Gasteiger partial charge in [-0.05, 0) is 29.6 Å². The first-order valence-electron chi connectivity index (χ1n) is 10.7. The summed E-state index contributed by atoms with van der Waals surface area (Å²) in [6, 6.07) is 22.7. The quantitative estimate of drug-likeness (QED) is 0.534. The van der Waals surface area contributed by atoms with Gasteiger partial charge in [0.25, 0.3) is 0 Å². The molecular formula is C25H29N3O2S. The van der Waals surface area contributed by atoms with Crippen molar-refractivity contribution in [2.45, 2.75) is 13.1 Å². The van der Waals surface area contributed by atoms with Gasteiger partial charge >= 0.3 is 0 Å². The highest BCUT2D eigenvalue weighted by Crippen LogP contribution is 2.22. The second-order valence-electron chi connectivity index (χ2n) is 7.74. The molecule has 1 aliphatic heterocycles. The van der Waals surface area contributed by atoms with Crippen molar-refractivity contribution >= 4 is 22.9 Å². The fraction of sp³-hybridized carbons (Fsp3) is 0.320. The lowest BCUT2D eigenvalue weighted by atomic mass is 10.1. The Balaban J connectivity index is 1.40. The number of hydrogen-bond donors (Lipinski definition) is 0. The third-order valence-corrected chi connectivity index (χ3v) is 6.52. The van der Waals surface area contributed by atoms with Crippen LogP contribution in [0.15, 0.2) is 72.1 Å². The normalized spacial score (nSPS) is 14.1. The Bertz CT molecular complexity index is 954. The number of para-hydroxylation sites is 2. The van der Waals surface area contributed by atoms with Crippen molar-refractivity contribution in [2.75, 3.05) is 44.7 Å². The SMILES string of the molecule is COc1ccccc1CN(CC(=O)N1CCN(c2ccccc2)CC1)Cc1cccs1. The molecule has 1 aliphatic rings. The van der Waals surface area contributed by atoms with Gasteiger partial charge in [0, 0.05) is 55.4 Å². The van der Waals surface area contributed by atoms with Crippen molar-refractivity contribution in [2.24, 2.45) is 0 Å². The minimum absolute atomic E-state index is 0.194. The maximum Gasteiger partial charge on any atom is 0.236 e. The summed E-state index contributed by atoms with van der Waals surface area (Å²) in [4.78, 5) is 21.0. The molecule has 3 aromatic rings. The molecule has 31 heavy (non-hydrogen) atoms. The first-order chi connectivity index (χ1) is 15.2. The standard InChI is InChI=1S/C25H29N3O2S/c1-30-24-12-6-5-8-21(24)18-26(19-23-11-7-17-31-23)20-25(29)28-15-13-27(14-16-28)22-9-3-2-4-10-22/h2-12,17H,13-16,18-20H2,1H3. The lowest BCUT2D eigenvalue weighted by molar-refractivity contribution is -0.133. The van der Waals surface area contributed by atoms with Gasteiger partial charge in [0.1, 0.15) is 5.75 Å². The van der Waals surface area contributed by atoms with Crippen LogP contribution in [0.1, 0.15) is 10.4 Å². The summed E-state index contributed by atoms with van der Waals surface area (Å²) in [6.07, 6.45) is 0. The molecule has 1 amide bonds. The number of carbonyl (C=O) groups is 1. The molecule has 4 rings (SSSR count). The van der Waals surface area contributed by atoms with E-state index in [0.717, 1.165) is 44.0 Å². The van der Waals surface area contributed by atoms with Crippen LogP contribution in [0.5, 0.6) is 5.75 Å². The highest BCUT2D eigenvalue weighted by Gasteiger charge is 2.23. The molecule has 2 aromatic carbocycles. The number of nitrogens with zero attached hydrogens (tertiary/aromatic N) is 3. The predicted octanol–water partition coefficient (Wildman–Crippen LogP) is 4.11. The number of carbonyl (C=O) groups excluding carboxylic acids is 1. The van der Waals surface area contributed by atoms with Crippen molar-refractivity contribution in [3.05, 3.63) is 82.6 Å². The van der Waals surface area contributed by atoms with E-state index in [0.29, 0.717) is 13.1 Å². The molecule has 2 heterocycles. The molecule has 0 unspecified atom stereocenters. The topological polar surface area (TPSA) is 36.0 Å². The van der Waals surface area contributed by atoms with Crippen molar-refractivity contribution in [1.82, 2.24) is 9.80 Å². The van der Waals surface area contributed by atoms with Gasteiger partial charge in [0.2, 0.25) is 5.91 Å². The third-order valence-electron chi connectivity index (χ3n) is 5.66. The second kappa shape index (κ2) is 10.5. The summed E-state index contributed by atoms with van der Waals surface area (Å²) in [5, 5.41) is 2.08. The van der Waals surface area contributed by atoms with E-state index in [1.54, 1.807) is 18.4 Å². The number of piperazine rings is 1. The minimum atomic E-state index is 0.194. The van der Waals surface area contributed by atoms with Crippen LogP contribution in [-0.2, 0) is 17.9 Å². The van der Waals surface area contributed by atoms with Gasteiger partial charge in [0.15, 0.2) is 0 Å². The smallest absolute Gasteiger partial charge is 0.236 e. The Kier molecular flexibility index (Phi) is 7.22. The van der Waals surface area contributed by atoms with Crippen LogP contribution in [0.3, 0.4) is 0 Å². The molecule has 0 N–H and O–H groups in total. The zero-order valence-electron chi connectivity index (χ0n) is 17.9. The summed E-state index contributed by atoms with van der Waals surface area (Å²) < 4.78 is 5.53. The summed E-state index contributed by atoms with van der Waals surface area (Å²) in [7, 11) is 1.69. The summed E-state index contributed by atoms with van der Waals surface area (Å²) in [5.41, 5.74) is 2.33. The molecule has 0 bridgehead atoms. The van der Waals surface area contributed by atoms with Gasteiger partial charge in [-0.3, -0.25) is 9.69 Å². The fourth-order valence-corrected chi connectivity index (χ4v) is 4.76. The highest BCUT2D eigenvalue weighted by molar-refractivity contribution is 7.09. The first kappa shape index (κ1) is 21.4.